The number of hydrogen-bond donors (Lipinski definition) is 2. The van der Waals surface area contributed by atoms with Crippen LogP contribution >= 0.6 is 11.6 Å². The second kappa shape index (κ2) is 10.2. The van der Waals surface area contributed by atoms with Crippen LogP contribution in [0.2, 0.25) is 5.02 Å². The third-order valence-corrected chi connectivity index (χ3v) is 5.47. The number of halogens is 1. The van der Waals surface area contributed by atoms with E-state index < -0.39 is 29.7 Å². The molecule has 34 heavy (non-hydrogen) atoms. The Kier molecular flexibility index (Phi) is 6.89. The van der Waals surface area contributed by atoms with Gasteiger partial charge in [0.1, 0.15) is 11.8 Å². The number of nitrogens with zero attached hydrogens (tertiary/aromatic N) is 1. The molecule has 0 bridgehead atoms. The van der Waals surface area contributed by atoms with Gasteiger partial charge >= 0.3 is 0 Å². The normalized spacial score (nSPS) is 13.3. The van der Waals surface area contributed by atoms with Crippen molar-refractivity contribution >= 4 is 35.2 Å². The first-order valence-corrected chi connectivity index (χ1v) is 10.8. The summed E-state index contributed by atoms with van der Waals surface area (Å²) in [5.41, 5.74) is 5.79. The Morgan fingerprint density at radius 3 is 2.03 bits per heavy atom. The van der Waals surface area contributed by atoms with E-state index in [1.54, 1.807) is 72.8 Å². The molecule has 1 unspecified atom stereocenters. The third kappa shape index (κ3) is 5.07. The van der Waals surface area contributed by atoms with E-state index in [1.165, 1.54) is 0 Å². The summed E-state index contributed by atoms with van der Waals surface area (Å²) in [7, 11) is 0. The number of rotatable bonds is 7. The summed E-state index contributed by atoms with van der Waals surface area (Å²) in [5.74, 6) is -2.02. The predicted octanol–water partition coefficient (Wildman–Crippen LogP) is 2.77. The van der Waals surface area contributed by atoms with Gasteiger partial charge in [-0.25, -0.2) is 0 Å². The van der Waals surface area contributed by atoms with Crippen molar-refractivity contribution in [1.82, 2.24) is 15.8 Å². The van der Waals surface area contributed by atoms with E-state index in [2.05, 4.69) is 10.9 Å². The van der Waals surface area contributed by atoms with Crippen molar-refractivity contribution in [2.45, 2.75) is 12.5 Å². The fraction of sp³-hybridized carbons (Fsp3) is 0.120. The highest BCUT2D eigenvalue weighted by Gasteiger charge is 2.42. The first kappa shape index (κ1) is 23.0. The zero-order valence-electron chi connectivity index (χ0n) is 17.9. The van der Waals surface area contributed by atoms with E-state index in [1.807, 2.05) is 6.07 Å². The van der Waals surface area contributed by atoms with E-state index in [0.29, 0.717) is 10.8 Å². The zero-order chi connectivity index (χ0) is 24.1. The van der Waals surface area contributed by atoms with Gasteiger partial charge in [-0.1, -0.05) is 54.1 Å². The molecule has 3 aromatic carbocycles. The molecule has 3 aromatic rings. The fourth-order valence-electron chi connectivity index (χ4n) is 3.56. The Labute approximate surface area is 200 Å². The highest BCUT2D eigenvalue weighted by atomic mass is 35.5. The molecule has 172 valence electrons. The van der Waals surface area contributed by atoms with E-state index in [0.717, 1.165) is 10.5 Å². The largest absolute Gasteiger partial charge is 0.484 e. The van der Waals surface area contributed by atoms with Gasteiger partial charge in [-0.05, 0) is 42.0 Å². The highest BCUT2D eigenvalue weighted by molar-refractivity contribution is 6.30. The van der Waals surface area contributed by atoms with Crippen molar-refractivity contribution in [3.05, 3.63) is 101 Å². The lowest BCUT2D eigenvalue weighted by Crippen LogP contribution is -2.55. The molecular weight excluding hydrogens is 458 g/mol. The van der Waals surface area contributed by atoms with Crippen LogP contribution in [-0.2, 0) is 16.0 Å². The van der Waals surface area contributed by atoms with Crippen LogP contribution < -0.4 is 15.6 Å². The zero-order valence-corrected chi connectivity index (χ0v) is 18.6. The van der Waals surface area contributed by atoms with Gasteiger partial charge in [-0.15, -0.1) is 0 Å². The number of benzene rings is 3. The van der Waals surface area contributed by atoms with Crippen LogP contribution in [0.3, 0.4) is 0 Å². The Morgan fingerprint density at radius 1 is 0.824 bits per heavy atom. The lowest BCUT2D eigenvalue weighted by molar-refractivity contribution is -0.132. The molecule has 0 saturated heterocycles. The van der Waals surface area contributed by atoms with Gasteiger partial charge in [-0.3, -0.25) is 34.9 Å². The quantitative estimate of drug-likeness (QED) is 0.402. The minimum absolute atomic E-state index is 0.0787. The standard InChI is InChI=1S/C25H20ClN3O5/c26-17-10-12-18(13-11-17)34-15-22(30)27-28-23(31)21(14-16-6-2-1-3-7-16)29-24(32)19-8-4-5-9-20(19)25(29)33/h1-13,21H,14-15H2,(H,27,30)(H,28,31). The number of ether oxygens (including phenoxy) is 1. The topological polar surface area (TPSA) is 105 Å². The van der Waals surface area contributed by atoms with Gasteiger partial charge in [0.2, 0.25) is 0 Å². The molecule has 1 heterocycles. The van der Waals surface area contributed by atoms with E-state index >= 15 is 0 Å². The average molecular weight is 478 g/mol. The Bertz CT molecular complexity index is 1200. The molecule has 8 nitrogen and oxygen atoms in total. The van der Waals surface area contributed by atoms with E-state index in [4.69, 9.17) is 16.3 Å². The van der Waals surface area contributed by atoms with Crippen molar-refractivity contribution in [2.75, 3.05) is 6.61 Å². The van der Waals surface area contributed by atoms with Crippen LogP contribution in [-0.4, -0.2) is 41.2 Å². The maximum Gasteiger partial charge on any atom is 0.276 e. The second-order valence-electron chi connectivity index (χ2n) is 7.51. The number of hydrazine groups is 1. The second-order valence-corrected chi connectivity index (χ2v) is 7.95. The summed E-state index contributed by atoms with van der Waals surface area (Å²) < 4.78 is 5.35. The molecule has 0 spiro atoms. The molecule has 4 amide bonds. The maximum atomic E-state index is 13.1. The molecule has 4 rings (SSSR count). The summed E-state index contributed by atoms with van der Waals surface area (Å²) in [6.07, 6.45) is 0.0787. The summed E-state index contributed by atoms with van der Waals surface area (Å²) >= 11 is 5.82. The van der Waals surface area contributed by atoms with Crippen LogP contribution in [0.4, 0.5) is 0 Å². The van der Waals surface area contributed by atoms with Gasteiger partial charge in [0.15, 0.2) is 6.61 Å². The summed E-state index contributed by atoms with van der Waals surface area (Å²) in [4.78, 5) is 52.1. The van der Waals surface area contributed by atoms with Crippen LogP contribution in [0.5, 0.6) is 5.75 Å². The van der Waals surface area contributed by atoms with Crippen LogP contribution in [0.15, 0.2) is 78.9 Å². The van der Waals surface area contributed by atoms with E-state index in [9.17, 15) is 19.2 Å². The Morgan fingerprint density at radius 2 is 1.41 bits per heavy atom. The minimum atomic E-state index is -1.17. The first-order chi connectivity index (χ1) is 16.4. The molecule has 0 aliphatic carbocycles. The number of amides is 4. The lowest BCUT2D eigenvalue weighted by atomic mass is 10.0. The fourth-order valence-corrected chi connectivity index (χ4v) is 3.69. The van der Waals surface area contributed by atoms with Crippen molar-refractivity contribution < 1.29 is 23.9 Å². The number of imide groups is 1. The van der Waals surface area contributed by atoms with Gasteiger partial charge in [0.05, 0.1) is 11.1 Å². The van der Waals surface area contributed by atoms with Crippen molar-refractivity contribution in [1.29, 1.82) is 0 Å². The molecule has 2 N–H and O–H groups in total. The smallest absolute Gasteiger partial charge is 0.276 e. The molecule has 9 heteroatoms. The van der Waals surface area contributed by atoms with E-state index in [-0.39, 0.29) is 24.2 Å². The summed E-state index contributed by atoms with van der Waals surface area (Å²) in [6, 6.07) is 20.7. The molecule has 0 fully saturated rings. The Hall–Kier alpha value is -4.17. The molecular formula is C25H20ClN3O5. The molecule has 1 aliphatic rings. The number of hydrogen-bond acceptors (Lipinski definition) is 5. The molecule has 0 radical (unpaired) electrons. The predicted molar refractivity (Wildman–Crippen MR) is 124 cm³/mol. The molecule has 1 atom stereocenters. The summed E-state index contributed by atoms with van der Waals surface area (Å²) in [5, 5.41) is 0.529. The first-order valence-electron chi connectivity index (χ1n) is 10.4. The van der Waals surface area contributed by atoms with Gasteiger partial charge in [0, 0.05) is 11.4 Å². The maximum absolute atomic E-state index is 13.1. The third-order valence-electron chi connectivity index (χ3n) is 5.22. The number of carbonyl (C=O) groups is 4. The minimum Gasteiger partial charge on any atom is -0.484 e. The SMILES string of the molecule is O=C(COc1ccc(Cl)cc1)NNC(=O)C(Cc1ccccc1)N1C(=O)c2ccccc2C1=O. The summed E-state index contributed by atoms with van der Waals surface area (Å²) in [6.45, 7) is -0.363. The number of carbonyl (C=O) groups excluding carboxylic acids is 4. The molecule has 1 aliphatic heterocycles. The van der Waals surface area contributed by atoms with Crippen molar-refractivity contribution in [3.8, 4) is 5.75 Å². The molecule has 0 aromatic heterocycles. The average Bonchev–Trinajstić information content (AvgIpc) is 3.11. The van der Waals surface area contributed by atoms with Crippen LogP contribution in [0.25, 0.3) is 0 Å². The molecule has 0 saturated carbocycles. The van der Waals surface area contributed by atoms with Crippen molar-refractivity contribution in [2.24, 2.45) is 0 Å². The number of fused-ring (bicyclic) bond motifs is 1. The van der Waals surface area contributed by atoms with Gasteiger partial charge in [0.25, 0.3) is 23.6 Å². The number of nitrogens with one attached hydrogen (secondary N) is 2. The van der Waals surface area contributed by atoms with Gasteiger partial charge < -0.3 is 4.74 Å². The van der Waals surface area contributed by atoms with Crippen molar-refractivity contribution in [3.63, 3.8) is 0 Å². The Balaban J connectivity index is 1.45. The van der Waals surface area contributed by atoms with Crippen LogP contribution in [0, 0.1) is 0 Å². The van der Waals surface area contributed by atoms with Crippen LogP contribution in [0.1, 0.15) is 26.3 Å². The van der Waals surface area contributed by atoms with Gasteiger partial charge in [-0.2, -0.15) is 0 Å². The monoisotopic (exact) mass is 477 g/mol. The lowest BCUT2D eigenvalue weighted by Gasteiger charge is -2.25. The highest BCUT2D eigenvalue weighted by Crippen LogP contribution is 2.26.